The lowest BCUT2D eigenvalue weighted by Crippen LogP contribution is -2.39. The molecule has 0 saturated carbocycles. The number of hydrogen-bond acceptors (Lipinski definition) is 5. The molecule has 1 aliphatic heterocycles. The van der Waals surface area contributed by atoms with E-state index in [0.29, 0.717) is 31.0 Å². The highest BCUT2D eigenvalue weighted by Crippen LogP contribution is 2.33. The molecule has 2 aromatic carbocycles. The van der Waals surface area contributed by atoms with Gasteiger partial charge in [0.05, 0.1) is 20.9 Å². The van der Waals surface area contributed by atoms with E-state index in [1.165, 1.54) is 17.2 Å². The van der Waals surface area contributed by atoms with Crippen molar-refractivity contribution in [1.29, 1.82) is 0 Å². The van der Waals surface area contributed by atoms with Crippen molar-refractivity contribution in [2.75, 3.05) is 18.0 Å². The van der Waals surface area contributed by atoms with Crippen molar-refractivity contribution in [2.24, 2.45) is 0 Å². The Labute approximate surface area is 204 Å². The molecular weight excluding hydrogens is 483 g/mol. The van der Waals surface area contributed by atoms with Gasteiger partial charge in [-0.2, -0.15) is 0 Å². The molecular formula is C24H26Cl2N2O2S2. The quantitative estimate of drug-likeness (QED) is 0.368. The molecule has 32 heavy (non-hydrogen) atoms. The molecule has 4 nitrogen and oxygen atoms in total. The molecule has 3 aromatic rings. The smallest absolute Gasteiger partial charge is 0.185 e. The average Bonchev–Trinajstić information content (AvgIpc) is 3.25. The Kier molecular flexibility index (Phi) is 7.45. The van der Waals surface area contributed by atoms with Crippen LogP contribution in [0.3, 0.4) is 0 Å². The Balaban J connectivity index is 1.38. The summed E-state index contributed by atoms with van der Waals surface area (Å²) in [7, 11) is -3.52. The second-order valence-corrected chi connectivity index (χ2v) is 12.0. The lowest BCUT2D eigenvalue weighted by Gasteiger charge is -2.31. The SMILES string of the molecule is CCCc1ccc(Cc2csc(N3CCC(S(=O)(=O)c4cc(Cl)ccc4Cl)CC3)n2)cc1. The summed E-state index contributed by atoms with van der Waals surface area (Å²) in [6.07, 6.45) is 4.15. The highest BCUT2D eigenvalue weighted by molar-refractivity contribution is 7.92. The Morgan fingerprint density at radius 3 is 2.44 bits per heavy atom. The maximum atomic E-state index is 13.1. The van der Waals surface area contributed by atoms with E-state index in [-0.39, 0.29) is 9.92 Å². The minimum absolute atomic E-state index is 0.131. The summed E-state index contributed by atoms with van der Waals surface area (Å²) in [6.45, 7) is 3.50. The van der Waals surface area contributed by atoms with Crippen LogP contribution in [0.25, 0.3) is 0 Å². The van der Waals surface area contributed by atoms with Gasteiger partial charge in [0.15, 0.2) is 15.0 Å². The third kappa shape index (κ3) is 5.30. The Hall–Kier alpha value is -1.60. The van der Waals surface area contributed by atoms with Gasteiger partial charge in [0.1, 0.15) is 0 Å². The minimum Gasteiger partial charge on any atom is -0.348 e. The molecule has 0 bridgehead atoms. The van der Waals surface area contributed by atoms with Gasteiger partial charge in [-0.25, -0.2) is 13.4 Å². The van der Waals surface area contributed by atoms with Crippen molar-refractivity contribution >= 4 is 49.5 Å². The van der Waals surface area contributed by atoms with Gasteiger partial charge in [-0.1, -0.05) is 60.8 Å². The molecule has 0 atom stereocenters. The first-order valence-corrected chi connectivity index (χ1v) is 14.0. The summed E-state index contributed by atoms with van der Waals surface area (Å²) in [5.41, 5.74) is 3.67. The van der Waals surface area contributed by atoms with Crippen molar-refractivity contribution in [2.45, 2.75) is 49.2 Å². The standard InChI is InChI=1S/C24H26Cl2N2O2S2/c1-2-3-17-4-6-18(7-5-17)14-20-16-31-24(27-20)28-12-10-21(11-13-28)32(29,30)23-15-19(25)8-9-22(23)26/h4-9,15-16,21H,2-3,10-14H2,1H3. The van der Waals surface area contributed by atoms with Crippen molar-refractivity contribution in [3.8, 4) is 0 Å². The molecule has 1 saturated heterocycles. The number of aryl methyl sites for hydroxylation is 1. The van der Waals surface area contributed by atoms with Gasteiger partial charge in [-0.3, -0.25) is 0 Å². The molecule has 4 rings (SSSR count). The maximum absolute atomic E-state index is 13.1. The number of benzene rings is 2. The molecule has 1 aromatic heterocycles. The number of aromatic nitrogens is 1. The monoisotopic (exact) mass is 508 g/mol. The van der Waals surface area contributed by atoms with E-state index in [2.05, 4.69) is 41.5 Å². The Morgan fingerprint density at radius 2 is 1.75 bits per heavy atom. The number of sulfone groups is 1. The molecule has 0 radical (unpaired) electrons. The van der Waals surface area contributed by atoms with Crippen LogP contribution in [0.1, 0.15) is 43.0 Å². The van der Waals surface area contributed by atoms with Crippen LogP contribution in [0.5, 0.6) is 0 Å². The fourth-order valence-corrected chi connectivity index (χ4v) is 7.45. The largest absolute Gasteiger partial charge is 0.348 e. The van der Waals surface area contributed by atoms with Crippen LogP contribution < -0.4 is 4.90 Å². The summed E-state index contributed by atoms with van der Waals surface area (Å²) in [5, 5.41) is 3.20. The molecule has 8 heteroatoms. The summed E-state index contributed by atoms with van der Waals surface area (Å²) in [4.78, 5) is 7.13. The molecule has 2 heterocycles. The Morgan fingerprint density at radius 1 is 1.06 bits per heavy atom. The topological polar surface area (TPSA) is 50.3 Å². The van der Waals surface area contributed by atoms with E-state index in [1.807, 2.05) is 0 Å². The van der Waals surface area contributed by atoms with E-state index in [4.69, 9.17) is 28.2 Å². The van der Waals surface area contributed by atoms with E-state index in [0.717, 1.165) is 30.1 Å². The fourth-order valence-electron chi connectivity index (χ4n) is 4.08. The van der Waals surface area contributed by atoms with Gasteiger partial charge in [0.2, 0.25) is 0 Å². The van der Waals surface area contributed by atoms with Crippen LogP contribution in [0.15, 0.2) is 52.7 Å². The van der Waals surface area contributed by atoms with E-state index >= 15 is 0 Å². The van der Waals surface area contributed by atoms with Crippen LogP contribution in [0.4, 0.5) is 5.13 Å². The fraction of sp³-hybridized carbons (Fsp3) is 0.375. The lowest BCUT2D eigenvalue weighted by atomic mass is 10.1. The summed E-state index contributed by atoms with van der Waals surface area (Å²) in [5.74, 6) is 0. The molecule has 0 spiro atoms. The minimum atomic E-state index is -3.52. The third-order valence-electron chi connectivity index (χ3n) is 5.84. The second kappa shape index (κ2) is 10.1. The zero-order chi connectivity index (χ0) is 22.7. The van der Waals surface area contributed by atoms with Crippen LogP contribution in [0, 0.1) is 0 Å². The number of piperidine rings is 1. The van der Waals surface area contributed by atoms with Crippen LogP contribution in [-0.2, 0) is 22.7 Å². The van der Waals surface area contributed by atoms with Crippen molar-refractivity contribution < 1.29 is 8.42 Å². The summed E-state index contributed by atoms with van der Waals surface area (Å²) in [6, 6.07) is 13.4. The highest BCUT2D eigenvalue weighted by Gasteiger charge is 2.33. The van der Waals surface area contributed by atoms with E-state index < -0.39 is 15.1 Å². The second-order valence-electron chi connectivity index (χ2n) is 8.17. The normalized spacial score (nSPS) is 15.3. The van der Waals surface area contributed by atoms with E-state index in [9.17, 15) is 8.42 Å². The van der Waals surface area contributed by atoms with Gasteiger partial charge in [-0.05, 0) is 48.6 Å². The first-order valence-electron chi connectivity index (χ1n) is 10.8. The predicted molar refractivity (Wildman–Crippen MR) is 134 cm³/mol. The average molecular weight is 510 g/mol. The van der Waals surface area contributed by atoms with Gasteiger partial charge in [0, 0.05) is 29.9 Å². The summed E-state index contributed by atoms with van der Waals surface area (Å²) >= 11 is 13.8. The zero-order valence-electron chi connectivity index (χ0n) is 17.9. The lowest BCUT2D eigenvalue weighted by molar-refractivity contribution is 0.529. The third-order valence-corrected chi connectivity index (χ3v) is 9.76. The summed E-state index contributed by atoms with van der Waals surface area (Å²) < 4.78 is 26.2. The van der Waals surface area contributed by atoms with Crippen molar-refractivity contribution in [1.82, 2.24) is 4.98 Å². The molecule has 0 N–H and O–H groups in total. The predicted octanol–water partition coefficient (Wildman–Crippen LogP) is 6.44. The highest BCUT2D eigenvalue weighted by atomic mass is 35.5. The van der Waals surface area contributed by atoms with Crippen LogP contribution >= 0.6 is 34.5 Å². The van der Waals surface area contributed by atoms with Crippen molar-refractivity contribution in [3.63, 3.8) is 0 Å². The molecule has 1 fully saturated rings. The van der Waals surface area contributed by atoms with Gasteiger partial charge >= 0.3 is 0 Å². The van der Waals surface area contributed by atoms with Crippen molar-refractivity contribution in [3.05, 3.63) is 74.7 Å². The van der Waals surface area contributed by atoms with Crippen LogP contribution in [0.2, 0.25) is 10.0 Å². The zero-order valence-corrected chi connectivity index (χ0v) is 21.1. The number of nitrogens with zero attached hydrogens (tertiary/aromatic N) is 2. The Bertz CT molecular complexity index is 1170. The van der Waals surface area contributed by atoms with Gasteiger partial charge in [-0.15, -0.1) is 11.3 Å². The molecule has 170 valence electrons. The number of hydrogen-bond donors (Lipinski definition) is 0. The van der Waals surface area contributed by atoms with E-state index in [1.54, 1.807) is 23.5 Å². The molecule has 0 unspecified atom stereocenters. The van der Waals surface area contributed by atoms with Crippen LogP contribution in [-0.4, -0.2) is 31.7 Å². The van der Waals surface area contributed by atoms with Gasteiger partial charge in [0.25, 0.3) is 0 Å². The molecule has 0 aliphatic carbocycles. The first kappa shape index (κ1) is 23.6. The van der Waals surface area contributed by atoms with Gasteiger partial charge < -0.3 is 4.90 Å². The molecule has 1 aliphatic rings. The number of anilines is 1. The maximum Gasteiger partial charge on any atom is 0.185 e. The molecule has 0 amide bonds. The number of rotatable bonds is 7. The number of halogens is 2. The number of thiazole rings is 1. The first-order chi connectivity index (χ1) is 15.4.